The third kappa shape index (κ3) is 3.65. The lowest BCUT2D eigenvalue weighted by atomic mass is 9.97. The molecule has 0 N–H and O–H groups in total. The highest BCUT2D eigenvalue weighted by atomic mass is 19.1. The minimum atomic E-state index is -0.855. The number of piperidine rings is 1. The molecule has 5 nitrogen and oxygen atoms in total. The number of hydrogen-bond acceptors (Lipinski definition) is 4. The molecule has 1 amide bonds. The van der Waals surface area contributed by atoms with E-state index in [-0.39, 0.29) is 11.5 Å². The summed E-state index contributed by atoms with van der Waals surface area (Å²) in [5, 5.41) is 4.05. The summed E-state index contributed by atoms with van der Waals surface area (Å²) >= 11 is 0. The molecule has 1 aliphatic heterocycles. The first kappa shape index (κ1) is 18.3. The lowest BCUT2D eigenvalue weighted by Gasteiger charge is -2.31. The van der Waals surface area contributed by atoms with Crippen molar-refractivity contribution in [1.29, 1.82) is 0 Å². The Labute approximate surface area is 161 Å². The summed E-state index contributed by atoms with van der Waals surface area (Å²) in [5.41, 5.74) is 1.87. The van der Waals surface area contributed by atoms with Crippen molar-refractivity contribution in [3.63, 3.8) is 0 Å². The predicted octanol–water partition coefficient (Wildman–Crippen LogP) is 4.34. The minimum absolute atomic E-state index is 0.118. The number of aromatic nitrogens is 2. The van der Waals surface area contributed by atoms with Crippen LogP contribution in [0, 0.1) is 18.6 Å². The molecule has 1 saturated heterocycles. The number of carbonyl (C=O) groups excluding carboxylic acids is 1. The van der Waals surface area contributed by atoms with Gasteiger partial charge in [0.15, 0.2) is 0 Å². The molecular weight excluding hydrogens is 364 g/mol. The molecule has 1 fully saturated rings. The quantitative estimate of drug-likeness (QED) is 0.675. The van der Waals surface area contributed by atoms with Gasteiger partial charge in [0.25, 0.3) is 5.91 Å². The molecule has 2 heterocycles. The van der Waals surface area contributed by atoms with E-state index in [0.29, 0.717) is 24.8 Å². The van der Waals surface area contributed by atoms with Crippen molar-refractivity contribution in [1.82, 2.24) is 15.0 Å². The van der Waals surface area contributed by atoms with Gasteiger partial charge in [-0.1, -0.05) is 35.0 Å². The van der Waals surface area contributed by atoms with Crippen LogP contribution in [-0.4, -0.2) is 34.0 Å². The number of carbonyl (C=O) groups is 1. The summed E-state index contributed by atoms with van der Waals surface area (Å²) in [6.45, 7) is 2.86. The van der Waals surface area contributed by atoms with E-state index in [4.69, 9.17) is 4.52 Å². The maximum atomic E-state index is 14.0. The first-order valence-electron chi connectivity index (χ1n) is 9.16. The second-order valence-electron chi connectivity index (χ2n) is 7.04. The van der Waals surface area contributed by atoms with Gasteiger partial charge in [-0.3, -0.25) is 4.79 Å². The number of amides is 1. The van der Waals surface area contributed by atoms with Gasteiger partial charge in [-0.05, 0) is 31.9 Å². The molecule has 0 unspecified atom stereocenters. The number of halogens is 2. The molecule has 7 heteroatoms. The van der Waals surface area contributed by atoms with E-state index in [9.17, 15) is 13.6 Å². The Bertz CT molecular complexity index is 1000. The van der Waals surface area contributed by atoms with Crippen LogP contribution in [0.3, 0.4) is 0 Å². The third-order valence-corrected chi connectivity index (χ3v) is 4.97. The zero-order valence-electron chi connectivity index (χ0n) is 15.4. The van der Waals surface area contributed by atoms with Gasteiger partial charge < -0.3 is 9.42 Å². The van der Waals surface area contributed by atoms with Crippen molar-refractivity contribution < 1.29 is 18.1 Å². The summed E-state index contributed by atoms with van der Waals surface area (Å²) in [4.78, 5) is 18.7. The molecule has 1 aromatic heterocycles. The molecule has 3 aromatic rings. The van der Waals surface area contributed by atoms with Gasteiger partial charge in [-0.15, -0.1) is 0 Å². The first-order chi connectivity index (χ1) is 13.5. The molecule has 0 radical (unpaired) electrons. The normalized spacial score (nSPS) is 17.0. The first-order valence-corrected chi connectivity index (χ1v) is 9.16. The third-order valence-electron chi connectivity index (χ3n) is 4.97. The molecule has 4 rings (SSSR count). The molecule has 0 aliphatic carbocycles. The van der Waals surface area contributed by atoms with Crippen LogP contribution in [0.5, 0.6) is 0 Å². The Morgan fingerprint density at radius 2 is 1.96 bits per heavy atom. The molecule has 1 atom stereocenters. The zero-order valence-corrected chi connectivity index (χ0v) is 15.4. The van der Waals surface area contributed by atoms with Crippen molar-refractivity contribution in [2.45, 2.75) is 25.7 Å². The number of likely N-dealkylation sites (tertiary alicyclic amines) is 1. The van der Waals surface area contributed by atoms with E-state index in [1.807, 2.05) is 31.2 Å². The van der Waals surface area contributed by atoms with Crippen LogP contribution in [0.15, 0.2) is 47.0 Å². The van der Waals surface area contributed by atoms with Crippen molar-refractivity contribution in [2.75, 3.05) is 13.1 Å². The van der Waals surface area contributed by atoms with Crippen molar-refractivity contribution in [3.8, 4) is 11.4 Å². The molecular formula is C21H19F2N3O2. The van der Waals surface area contributed by atoms with Crippen molar-refractivity contribution in [3.05, 3.63) is 71.1 Å². The average molecular weight is 383 g/mol. The van der Waals surface area contributed by atoms with Gasteiger partial charge in [-0.2, -0.15) is 4.98 Å². The van der Waals surface area contributed by atoms with E-state index in [0.717, 1.165) is 36.1 Å². The maximum Gasteiger partial charge on any atom is 0.256 e. The monoisotopic (exact) mass is 383 g/mol. The van der Waals surface area contributed by atoms with E-state index < -0.39 is 17.5 Å². The largest absolute Gasteiger partial charge is 0.339 e. The van der Waals surface area contributed by atoms with Crippen molar-refractivity contribution >= 4 is 5.91 Å². The summed E-state index contributed by atoms with van der Waals surface area (Å²) in [5.74, 6) is -1.17. The smallest absolute Gasteiger partial charge is 0.256 e. The fraction of sp³-hybridized carbons (Fsp3) is 0.286. The second-order valence-corrected chi connectivity index (χ2v) is 7.04. The highest BCUT2D eigenvalue weighted by Gasteiger charge is 2.30. The zero-order chi connectivity index (χ0) is 19.7. The number of nitrogens with zero attached hydrogens (tertiary/aromatic N) is 3. The number of benzene rings is 2. The Morgan fingerprint density at radius 1 is 1.18 bits per heavy atom. The summed E-state index contributed by atoms with van der Waals surface area (Å²) < 4.78 is 32.5. The van der Waals surface area contributed by atoms with E-state index in [1.165, 1.54) is 6.07 Å². The Morgan fingerprint density at radius 3 is 2.71 bits per heavy atom. The molecule has 0 saturated carbocycles. The van der Waals surface area contributed by atoms with Gasteiger partial charge in [-0.25, -0.2) is 8.78 Å². The van der Waals surface area contributed by atoms with Gasteiger partial charge in [0.1, 0.15) is 11.6 Å². The lowest BCUT2D eigenvalue weighted by Crippen LogP contribution is -2.39. The molecule has 1 aliphatic rings. The standard InChI is InChI=1S/C21H19F2N3O2/c1-13-4-6-14(7-5-13)19-24-20(28-25-19)15-3-2-10-26(12-15)21(27)17-9-8-16(22)11-18(17)23/h4-9,11,15H,2-3,10,12H2,1H3/t15-/m0/s1. The Hall–Kier alpha value is -3.09. The summed E-state index contributed by atoms with van der Waals surface area (Å²) in [6, 6.07) is 10.8. The predicted molar refractivity (Wildman–Crippen MR) is 98.7 cm³/mol. The molecule has 2 aromatic carbocycles. The van der Waals surface area contributed by atoms with Crippen molar-refractivity contribution in [2.24, 2.45) is 0 Å². The van der Waals surface area contributed by atoms with Crippen LogP contribution >= 0.6 is 0 Å². The van der Waals surface area contributed by atoms with E-state index >= 15 is 0 Å². The van der Waals surface area contributed by atoms with Crippen LogP contribution in [0.2, 0.25) is 0 Å². The maximum absolute atomic E-state index is 14.0. The molecule has 144 valence electrons. The topological polar surface area (TPSA) is 59.2 Å². The molecule has 28 heavy (non-hydrogen) atoms. The summed E-state index contributed by atoms with van der Waals surface area (Å²) in [7, 11) is 0. The van der Waals surface area contributed by atoms with Gasteiger partial charge >= 0.3 is 0 Å². The van der Waals surface area contributed by atoms with Gasteiger partial charge in [0, 0.05) is 24.7 Å². The number of aryl methyl sites for hydroxylation is 1. The average Bonchev–Trinajstić information content (AvgIpc) is 3.18. The SMILES string of the molecule is Cc1ccc(-c2noc([C@H]3CCCN(C(=O)c4ccc(F)cc4F)C3)n2)cc1. The lowest BCUT2D eigenvalue weighted by molar-refractivity contribution is 0.0691. The summed E-state index contributed by atoms with van der Waals surface area (Å²) in [6.07, 6.45) is 1.53. The number of rotatable bonds is 3. The molecule has 0 bridgehead atoms. The molecule has 0 spiro atoms. The fourth-order valence-corrected chi connectivity index (χ4v) is 3.42. The van der Waals surface area contributed by atoms with Crippen LogP contribution < -0.4 is 0 Å². The van der Waals surface area contributed by atoms with Crippen LogP contribution in [0.1, 0.15) is 40.6 Å². The van der Waals surface area contributed by atoms with Gasteiger partial charge in [0.2, 0.25) is 11.7 Å². The highest BCUT2D eigenvalue weighted by molar-refractivity contribution is 5.94. The van der Waals surface area contributed by atoms with Crippen LogP contribution in [0.4, 0.5) is 8.78 Å². The minimum Gasteiger partial charge on any atom is -0.339 e. The fourth-order valence-electron chi connectivity index (χ4n) is 3.42. The number of hydrogen-bond donors (Lipinski definition) is 0. The van der Waals surface area contributed by atoms with Crippen LogP contribution in [-0.2, 0) is 0 Å². The van der Waals surface area contributed by atoms with Gasteiger partial charge in [0.05, 0.1) is 11.5 Å². The highest BCUT2D eigenvalue weighted by Crippen LogP contribution is 2.28. The Balaban J connectivity index is 1.51. The second kappa shape index (κ2) is 7.50. The van der Waals surface area contributed by atoms with Crippen LogP contribution in [0.25, 0.3) is 11.4 Å². The Kier molecular flexibility index (Phi) is 4.90. The van der Waals surface area contributed by atoms with E-state index in [2.05, 4.69) is 10.1 Å². The van der Waals surface area contributed by atoms with E-state index in [1.54, 1.807) is 4.90 Å².